The molecule has 1 heterocycles. The molecule has 4 aromatic carbocycles. The third-order valence-electron chi connectivity index (χ3n) is 7.15. The highest BCUT2D eigenvalue weighted by molar-refractivity contribution is 5.95. The van der Waals surface area contributed by atoms with Crippen molar-refractivity contribution >= 4 is 22.5 Å². The molecule has 1 unspecified atom stereocenters. The largest absolute Gasteiger partial charge is 0.324 e. The lowest BCUT2D eigenvalue weighted by Crippen LogP contribution is -2.37. The van der Waals surface area contributed by atoms with Gasteiger partial charge in [0.2, 0.25) is 0 Å². The summed E-state index contributed by atoms with van der Waals surface area (Å²) in [6.45, 7) is 6.02. The van der Waals surface area contributed by atoms with Crippen LogP contribution in [0.5, 0.6) is 0 Å². The Hall–Kier alpha value is -5.11. The van der Waals surface area contributed by atoms with E-state index in [1.165, 1.54) is 18.2 Å². The number of carbonyl (C=O) groups is 1. The number of nitro benzene ring substituents is 1. The van der Waals surface area contributed by atoms with Crippen molar-refractivity contribution in [1.82, 2.24) is 14.5 Å². The lowest BCUT2D eigenvalue weighted by Gasteiger charge is -2.31. The van der Waals surface area contributed by atoms with E-state index in [9.17, 15) is 19.7 Å². The van der Waals surface area contributed by atoms with E-state index in [0.29, 0.717) is 22.4 Å². The molecule has 0 spiro atoms. The molecule has 0 aliphatic carbocycles. The lowest BCUT2D eigenvalue weighted by molar-refractivity contribution is -0.384. The molecule has 0 N–H and O–H groups in total. The first-order valence-corrected chi connectivity index (χ1v) is 12.9. The van der Waals surface area contributed by atoms with Crippen LogP contribution in [0.25, 0.3) is 16.6 Å². The van der Waals surface area contributed by atoms with Gasteiger partial charge in [-0.05, 0) is 67.8 Å². The van der Waals surface area contributed by atoms with E-state index in [0.717, 1.165) is 16.7 Å². The molecule has 8 heteroatoms. The summed E-state index contributed by atoms with van der Waals surface area (Å²) in [6, 6.07) is 27.4. The Bertz CT molecular complexity index is 1800. The third kappa shape index (κ3) is 5.11. The van der Waals surface area contributed by atoms with E-state index in [4.69, 9.17) is 4.98 Å². The van der Waals surface area contributed by atoms with E-state index < -0.39 is 16.9 Å². The molecular weight excluding hydrogens is 504 g/mol. The molecule has 200 valence electrons. The van der Waals surface area contributed by atoms with Gasteiger partial charge in [0.1, 0.15) is 5.82 Å². The fraction of sp³-hybridized carbons (Fsp3) is 0.156. The minimum Gasteiger partial charge on any atom is -0.324 e. The van der Waals surface area contributed by atoms with Crippen LogP contribution in [0.4, 0.5) is 5.69 Å². The van der Waals surface area contributed by atoms with Gasteiger partial charge in [0.25, 0.3) is 17.2 Å². The van der Waals surface area contributed by atoms with Crippen LogP contribution in [0.3, 0.4) is 0 Å². The number of hydrogen-bond donors (Lipinski definition) is 0. The van der Waals surface area contributed by atoms with Gasteiger partial charge in [0.15, 0.2) is 0 Å². The molecule has 0 saturated heterocycles. The van der Waals surface area contributed by atoms with E-state index in [1.807, 2.05) is 75.4 Å². The molecule has 8 nitrogen and oxygen atoms in total. The topological polar surface area (TPSA) is 98.3 Å². The number of hydrogen-bond acceptors (Lipinski definition) is 5. The third-order valence-corrected chi connectivity index (χ3v) is 7.15. The van der Waals surface area contributed by atoms with Gasteiger partial charge in [-0.2, -0.15) is 0 Å². The Labute approximate surface area is 231 Å². The van der Waals surface area contributed by atoms with Crippen LogP contribution in [-0.2, 0) is 6.54 Å². The van der Waals surface area contributed by atoms with Gasteiger partial charge < -0.3 is 4.90 Å². The van der Waals surface area contributed by atoms with Crippen molar-refractivity contribution in [2.75, 3.05) is 0 Å². The summed E-state index contributed by atoms with van der Waals surface area (Å²) in [7, 11) is 0. The number of rotatable bonds is 7. The highest BCUT2D eigenvalue weighted by atomic mass is 16.6. The molecule has 0 aliphatic rings. The predicted molar refractivity (Wildman–Crippen MR) is 155 cm³/mol. The van der Waals surface area contributed by atoms with Crippen molar-refractivity contribution in [3.8, 4) is 5.69 Å². The molecule has 0 bridgehead atoms. The van der Waals surface area contributed by atoms with E-state index >= 15 is 0 Å². The minimum absolute atomic E-state index is 0.172. The first kappa shape index (κ1) is 26.5. The molecule has 0 saturated carbocycles. The standard InChI is InChI=1S/C32H28N4O4/c1-21-16-17-26(18-22(21)2)35-30(33-29-15-8-7-14-28(29)32(35)38)23(3)34(20-24-10-5-4-6-11-24)31(37)25-12-9-13-27(19-25)36(39)40/h4-19,23H,20H2,1-3H3. The monoisotopic (exact) mass is 532 g/mol. The van der Waals surface area contributed by atoms with Crippen LogP contribution in [0.2, 0.25) is 0 Å². The van der Waals surface area contributed by atoms with E-state index in [-0.39, 0.29) is 23.4 Å². The van der Waals surface area contributed by atoms with Crippen LogP contribution in [-0.4, -0.2) is 25.3 Å². The van der Waals surface area contributed by atoms with Crippen molar-refractivity contribution < 1.29 is 9.72 Å². The maximum Gasteiger partial charge on any atom is 0.270 e. The molecule has 0 fully saturated rings. The maximum atomic E-state index is 14.0. The predicted octanol–water partition coefficient (Wildman–Crippen LogP) is 6.31. The SMILES string of the molecule is Cc1ccc(-n2c(C(C)N(Cc3ccccc3)C(=O)c3cccc([N+](=O)[O-])c3)nc3ccccc3c2=O)cc1C. The summed E-state index contributed by atoms with van der Waals surface area (Å²) in [6.07, 6.45) is 0. The van der Waals surface area contributed by atoms with Gasteiger partial charge in [-0.1, -0.05) is 54.6 Å². The van der Waals surface area contributed by atoms with Crippen molar-refractivity contribution in [1.29, 1.82) is 0 Å². The number of nitro groups is 1. The Morgan fingerprint density at radius 3 is 2.38 bits per heavy atom. The Balaban J connectivity index is 1.71. The summed E-state index contributed by atoms with van der Waals surface area (Å²) < 4.78 is 1.57. The molecular formula is C32H28N4O4. The van der Waals surface area contributed by atoms with Crippen LogP contribution >= 0.6 is 0 Å². The minimum atomic E-state index is -0.675. The van der Waals surface area contributed by atoms with Gasteiger partial charge in [-0.25, -0.2) is 4.98 Å². The van der Waals surface area contributed by atoms with Crippen molar-refractivity contribution in [3.05, 3.63) is 146 Å². The number of nitrogens with zero attached hydrogens (tertiary/aromatic N) is 4. The quantitative estimate of drug-likeness (QED) is 0.181. The molecule has 0 radical (unpaired) electrons. The number of aryl methyl sites for hydroxylation is 2. The zero-order chi connectivity index (χ0) is 28.4. The molecule has 0 aliphatic heterocycles. The smallest absolute Gasteiger partial charge is 0.270 e. The Kier molecular flexibility index (Phi) is 7.25. The zero-order valence-electron chi connectivity index (χ0n) is 22.4. The van der Waals surface area contributed by atoms with Crippen molar-refractivity contribution in [2.45, 2.75) is 33.4 Å². The van der Waals surface area contributed by atoms with Gasteiger partial charge in [0, 0.05) is 24.2 Å². The summed E-state index contributed by atoms with van der Waals surface area (Å²) in [4.78, 5) is 45.4. The highest BCUT2D eigenvalue weighted by Crippen LogP contribution is 2.28. The van der Waals surface area contributed by atoms with Crippen LogP contribution in [0, 0.1) is 24.0 Å². The number of aromatic nitrogens is 2. The Morgan fingerprint density at radius 2 is 1.65 bits per heavy atom. The first-order chi connectivity index (χ1) is 19.2. The second kappa shape index (κ2) is 10.9. The van der Waals surface area contributed by atoms with Crippen molar-refractivity contribution in [3.63, 3.8) is 0 Å². The van der Waals surface area contributed by atoms with Gasteiger partial charge in [-0.15, -0.1) is 0 Å². The van der Waals surface area contributed by atoms with Crippen LogP contribution in [0.15, 0.2) is 102 Å². The summed E-state index contributed by atoms with van der Waals surface area (Å²) in [5, 5.41) is 11.9. The van der Waals surface area contributed by atoms with E-state index in [1.54, 1.807) is 33.7 Å². The normalized spacial score (nSPS) is 11.8. The first-order valence-electron chi connectivity index (χ1n) is 12.9. The van der Waals surface area contributed by atoms with Crippen LogP contribution < -0.4 is 5.56 Å². The summed E-state index contributed by atoms with van der Waals surface area (Å²) in [5.74, 6) is -0.0178. The zero-order valence-corrected chi connectivity index (χ0v) is 22.4. The lowest BCUT2D eigenvalue weighted by atomic mass is 10.1. The van der Waals surface area contributed by atoms with Crippen molar-refractivity contribution in [2.24, 2.45) is 0 Å². The van der Waals surface area contributed by atoms with Gasteiger partial charge in [-0.3, -0.25) is 24.3 Å². The number of benzene rings is 4. The second-order valence-electron chi connectivity index (χ2n) is 9.80. The average Bonchev–Trinajstić information content (AvgIpc) is 2.97. The number of para-hydroxylation sites is 1. The van der Waals surface area contributed by atoms with Gasteiger partial charge >= 0.3 is 0 Å². The molecule has 1 aromatic heterocycles. The molecule has 1 amide bonds. The van der Waals surface area contributed by atoms with Crippen LogP contribution in [0.1, 0.15) is 45.8 Å². The maximum absolute atomic E-state index is 14.0. The number of non-ortho nitro benzene ring substituents is 1. The summed E-state index contributed by atoms with van der Waals surface area (Å²) in [5.41, 5.74) is 3.92. The summed E-state index contributed by atoms with van der Waals surface area (Å²) >= 11 is 0. The Morgan fingerprint density at radius 1 is 0.925 bits per heavy atom. The highest BCUT2D eigenvalue weighted by Gasteiger charge is 2.29. The molecule has 1 atom stereocenters. The molecule has 5 rings (SSSR count). The fourth-order valence-corrected chi connectivity index (χ4v) is 4.77. The number of fused-ring (bicyclic) bond motifs is 1. The molecule has 40 heavy (non-hydrogen) atoms. The van der Waals surface area contributed by atoms with Gasteiger partial charge in [0.05, 0.1) is 27.6 Å². The average molecular weight is 533 g/mol. The number of carbonyl (C=O) groups excluding carboxylic acids is 1. The fourth-order valence-electron chi connectivity index (χ4n) is 4.77. The number of amides is 1. The molecule has 5 aromatic rings. The van der Waals surface area contributed by atoms with E-state index in [2.05, 4.69) is 0 Å². The second-order valence-corrected chi connectivity index (χ2v) is 9.80.